The Hall–Kier alpha value is -1.30. The van der Waals surface area contributed by atoms with Crippen molar-refractivity contribution in [2.45, 2.75) is 18.9 Å². The Morgan fingerprint density at radius 3 is 2.69 bits per heavy atom. The van der Waals surface area contributed by atoms with Crippen LogP contribution in [-0.2, 0) is 9.84 Å². The number of aromatic nitrogens is 1. The molecule has 88 valence electrons. The summed E-state index contributed by atoms with van der Waals surface area (Å²) in [6.45, 7) is 0. The van der Waals surface area contributed by atoms with E-state index in [1.807, 2.05) is 0 Å². The van der Waals surface area contributed by atoms with E-state index in [2.05, 4.69) is 10.3 Å². The quantitative estimate of drug-likeness (QED) is 0.794. The summed E-state index contributed by atoms with van der Waals surface area (Å²) >= 11 is 0. The molecule has 0 atom stereocenters. The van der Waals surface area contributed by atoms with E-state index in [0.717, 1.165) is 5.69 Å². The van der Waals surface area contributed by atoms with Gasteiger partial charge in [0.05, 0.1) is 29.1 Å². The molecule has 0 amide bonds. The zero-order valence-electron chi connectivity index (χ0n) is 8.89. The van der Waals surface area contributed by atoms with Gasteiger partial charge < -0.3 is 11.1 Å². The van der Waals surface area contributed by atoms with Crippen LogP contribution in [0.15, 0.2) is 18.5 Å². The van der Waals surface area contributed by atoms with Crippen LogP contribution in [-0.4, -0.2) is 30.9 Å². The minimum atomic E-state index is -2.80. The van der Waals surface area contributed by atoms with Crippen LogP contribution in [0.3, 0.4) is 0 Å². The molecule has 16 heavy (non-hydrogen) atoms. The van der Waals surface area contributed by atoms with Crippen LogP contribution in [0.25, 0.3) is 0 Å². The molecule has 3 N–H and O–H groups in total. The molecule has 2 rings (SSSR count). The van der Waals surface area contributed by atoms with Crippen molar-refractivity contribution in [1.82, 2.24) is 4.98 Å². The van der Waals surface area contributed by atoms with E-state index >= 15 is 0 Å². The van der Waals surface area contributed by atoms with Crippen molar-refractivity contribution in [2.24, 2.45) is 0 Å². The average Bonchev–Trinajstić information content (AvgIpc) is 2.24. The Bertz CT molecular complexity index is 459. The molecule has 2 heterocycles. The number of pyridine rings is 1. The van der Waals surface area contributed by atoms with Gasteiger partial charge in [0.25, 0.3) is 0 Å². The molecule has 0 aliphatic carbocycles. The molecule has 0 aromatic carbocycles. The summed E-state index contributed by atoms with van der Waals surface area (Å²) in [5.41, 5.74) is 7.17. The van der Waals surface area contributed by atoms with Gasteiger partial charge >= 0.3 is 0 Å². The maximum atomic E-state index is 11.3. The van der Waals surface area contributed by atoms with Gasteiger partial charge in [-0.15, -0.1) is 0 Å². The van der Waals surface area contributed by atoms with Crippen molar-refractivity contribution in [2.75, 3.05) is 22.6 Å². The maximum Gasteiger partial charge on any atom is 0.150 e. The van der Waals surface area contributed by atoms with Gasteiger partial charge in [-0.05, 0) is 18.9 Å². The highest BCUT2D eigenvalue weighted by Crippen LogP contribution is 2.21. The summed E-state index contributed by atoms with van der Waals surface area (Å²) in [6, 6.07) is 1.99. The van der Waals surface area contributed by atoms with E-state index in [1.165, 1.54) is 0 Å². The number of hydrogen-bond donors (Lipinski definition) is 2. The number of nitrogen functional groups attached to an aromatic ring is 1. The van der Waals surface area contributed by atoms with Crippen LogP contribution in [0.1, 0.15) is 12.8 Å². The Morgan fingerprint density at radius 1 is 1.38 bits per heavy atom. The van der Waals surface area contributed by atoms with Gasteiger partial charge in [0, 0.05) is 12.2 Å². The normalized spacial score (nSPS) is 20.5. The highest BCUT2D eigenvalue weighted by atomic mass is 32.2. The van der Waals surface area contributed by atoms with Crippen molar-refractivity contribution in [3.8, 4) is 0 Å². The number of hydrogen-bond acceptors (Lipinski definition) is 5. The minimum absolute atomic E-state index is 0.188. The van der Waals surface area contributed by atoms with E-state index in [-0.39, 0.29) is 17.5 Å². The molecule has 0 saturated carbocycles. The largest absolute Gasteiger partial charge is 0.396 e. The molecule has 1 aliphatic rings. The van der Waals surface area contributed by atoms with Gasteiger partial charge in [-0.2, -0.15) is 0 Å². The second kappa shape index (κ2) is 4.29. The first kappa shape index (κ1) is 11.2. The monoisotopic (exact) mass is 241 g/mol. The molecular formula is C10H15N3O2S. The second-order valence-corrected chi connectivity index (χ2v) is 6.34. The predicted molar refractivity (Wildman–Crippen MR) is 63.9 cm³/mol. The van der Waals surface area contributed by atoms with Gasteiger partial charge in [-0.25, -0.2) is 8.42 Å². The number of sulfone groups is 1. The van der Waals surface area contributed by atoms with Crippen LogP contribution in [0.2, 0.25) is 0 Å². The van der Waals surface area contributed by atoms with Crippen LogP contribution in [0.5, 0.6) is 0 Å². The smallest absolute Gasteiger partial charge is 0.150 e. The summed E-state index contributed by atoms with van der Waals surface area (Å²) in [6.07, 6.45) is 4.54. The van der Waals surface area contributed by atoms with Crippen molar-refractivity contribution < 1.29 is 8.42 Å². The Labute approximate surface area is 95.0 Å². The highest BCUT2D eigenvalue weighted by Gasteiger charge is 2.23. The van der Waals surface area contributed by atoms with Gasteiger partial charge in [0.2, 0.25) is 0 Å². The average molecular weight is 241 g/mol. The van der Waals surface area contributed by atoms with Crippen molar-refractivity contribution in [3.63, 3.8) is 0 Å². The number of nitrogens with zero attached hydrogens (tertiary/aromatic N) is 1. The van der Waals surface area contributed by atoms with E-state index in [0.29, 0.717) is 18.5 Å². The van der Waals surface area contributed by atoms with E-state index in [4.69, 9.17) is 5.73 Å². The zero-order chi connectivity index (χ0) is 11.6. The van der Waals surface area contributed by atoms with Gasteiger partial charge in [0.1, 0.15) is 9.84 Å². The van der Waals surface area contributed by atoms with Crippen molar-refractivity contribution in [3.05, 3.63) is 18.5 Å². The molecule has 0 unspecified atom stereocenters. The van der Waals surface area contributed by atoms with E-state index < -0.39 is 9.84 Å². The summed E-state index contributed by atoms with van der Waals surface area (Å²) in [5.74, 6) is 0.519. The first-order chi connectivity index (χ1) is 7.57. The Kier molecular flexibility index (Phi) is 3.00. The molecule has 1 saturated heterocycles. The zero-order valence-corrected chi connectivity index (χ0v) is 9.70. The highest BCUT2D eigenvalue weighted by molar-refractivity contribution is 7.91. The number of rotatable bonds is 2. The molecule has 0 bridgehead atoms. The lowest BCUT2D eigenvalue weighted by atomic mass is 10.1. The molecule has 0 spiro atoms. The molecule has 1 fully saturated rings. The molecule has 5 nitrogen and oxygen atoms in total. The first-order valence-electron chi connectivity index (χ1n) is 5.23. The number of anilines is 2. The van der Waals surface area contributed by atoms with Crippen molar-refractivity contribution >= 4 is 21.2 Å². The third-order valence-corrected chi connectivity index (χ3v) is 4.48. The SMILES string of the molecule is Nc1cnccc1NC1CCS(=O)(=O)CC1. The summed E-state index contributed by atoms with van der Waals surface area (Å²) in [7, 11) is -2.80. The van der Waals surface area contributed by atoms with E-state index in [1.54, 1.807) is 18.5 Å². The Morgan fingerprint density at radius 2 is 2.06 bits per heavy atom. The molecule has 1 aromatic rings. The minimum Gasteiger partial charge on any atom is -0.396 e. The fourth-order valence-corrected chi connectivity index (χ4v) is 3.28. The van der Waals surface area contributed by atoms with Crippen molar-refractivity contribution in [1.29, 1.82) is 0 Å². The van der Waals surface area contributed by atoms with Gasteiger partial charge in [0.15, 0.2) is 0 Å². The van der Waals surface area contributed by atoms with Gasteiger partial charge in [-0.1, -0.05) is 0 Å². The summed E-state index contributed by atoms with van der Waals surface area (Å²) < 4.78 is 22.5. The standard InChI is InChI=1S/C10H15N3O2S/c11-9-7-12-4-1-10(9)13-8-2-5-16(14,15)6-3-8/h1,4,7-8H,2-3,5-6,11H2,(H,12,13). The van der Waals surface area contributed by atoms with Gasteiger partial charge in [-0.3, -0.25) is 4.98 Å². The molecule has 1 aliphatic heterocycles. The Balaban J connectivity index is 2.00. The maximum absolute atomic E-state index is 11.3. The van der Waals surface area contributed by atoms with Crippen LogP contribution >= 0.6 is 0 Å². The van der Waals surface area contributed by atoms with Crippen LogP contribution in [0.4, 0.5) is 11.4 Å². The van der Waals surface area contributed by atoms with Crippen LogP contribution < -0.4 is 11.1 Å². The van der Waals surface area contributed by atoms with E-state index in [9.17, 15) is 8.42 Å². The fourth-order valence-electron chi connectivity index (χ4n) is 1.79. The molecular weight excluding hydrogens is 226 g/mol. The predicted octanol–water partition coefficient (Wildman–Crippen LogP) is 0.653. The second-order valence-electron chi connectivity index (χ2n) is 4.03. The molecule has 1 aromatic heterocycles. The number of nitrogens with one attached hydrogen (secondary N) is 1. The molecule has 6 heteroatoms. The summed E-state index contributed by atoms with van der Waals surface area (Å²) in [5, 5.41) is 3.26. The fraction of sp³-hybridized carbons (Fsp3) is 0.500. The summed E-state index contributed by atoms with van der Waals surface area (Å²) in [4.78, 5) is 3.90. The lowest BCUT2D eigenvalue weighted by Crippen LogP contribution is -2.32. The third kappa shape index (κ3) is 2.63. The van der Waals surface area contributed by atoms with Crippen LogP contribution in [0, 0.1) is 0 Å². The molecule has 0 radical (unpaired) electrons. The number of nitrogens with two attached hydrogens (primary N) is 1. The lowest BCUT2D eigenvalue weighted by Gasteiger charge is -2.24. The third-order valence-electron chi connectivity index (χ3n) is 2.77. The first-order valence-corrected chi connectivity index (χ1v) is 7.05. The lowest BCUT2D eigenvalue weighted by molar-refractivity contribution is 0.559. The topological polar surface area (TPSA) is 85.1 Å².